The lowest BCUT2D eigenvalue weighted by Crippen LogP contribution is -2.30. The highest BCUT2D eigenvalue weighted by Crippen LogP contribution is 2.18. The minimum absolute atomic E-state index is 0.0814. The van der Waals surface area contributed by atoms with Gasteiger partial charge in [0.15, 0.2) is 6.10 Å². The van der Waals surface area contributed by atoms with Gasteiger partial charge in [-0.25, -0.2) is 0 Å². The van der Waals surface area contributed by atoms with Gasteiger partial charge in [-0.1, -0.05) is 331 Å². The van der Waals surface area contributed by atoms with Crippen LogP contribution in [0.1, 0.15) is 355 Å². The molecule has 0 rings (SSSR count). The Kier molecular flexibility index (Phi) is 66.2. The van der Waals surface area contributed by atoms with Gasteiger partial charge >= 0.3 is 17.9 Å². The summed E-state index contributed by atoms with van der Waals surface area (Å²) in [4.78, 5) is 38.4. The Bertz CT molecular complexity index is 1530. The van der Waals surface area contributed by atoms with E-state index < -0.39 is 6.10 Å². The number of unbranched alkanes of at least 4 members (excludes halogenated alkanes) is 39. The third-order valence-electron chi connectivity index (χ3n) is 15.4. The zero-order valence-corrected chi connectivity index (χ0v) is 53.8. The van der Waals surface area contributed by atoms with Crippen molar-refractivity contribution in [3.8, 4) is 0 Å². The van der Waals surface area contributed by atoms with E-state index in [1.54, 1.807) is 0 Å². The molecule has 0 amide bonds. The lowest BCUT2D eigenvalue weighted by Gasteiger charge is -2.18. The van der Waals surface area contributed by atoms with Crippen LogP contribution in [0.4, 0.5) is 0 Å². The van der Waals surface area contributed by atoms with Crippen molar-refractivity contribution in [2.24, 2.45) is 0 Å². The zero-order chi connectivity index (χ0) is 58.5. The third kappa shape index (κ3) is 67.3. The van der Waals surface area contributed by atoms with Crippen LogP contribution in [0.3, 0.4) is 0 Å². The molecule has 0 aromatic heterocycles. The summed E-state index contributed by atoms with van der Waals surface area (Å²) in [6.45, 7) is 6.52. The lowest BCUT2D eigenvalue weighted by atomic mass is 10.0. The molecule has 0 spiro atoms. The molecule has 0 radical (unpaired) electrons. The first-order chi connectivity index (χ1) is 40.0. The molecule has 0 aliphatic heterocycles. The Morgan fingerprint density at radius 3 is 0.790 bits per heavy atom. The van der Waals surface area contributed by atoms with Gasteiger partial charge in [-0.2, -0.15) is 0 Å². The van der Waals surface area contributed by atoms with Crippen molar-refractivity contribution in [3.63, 3.8) is 0 Å². The van der Waals surface area contributed by atoms with Crippen LogP contribution in [-0.4, -0.2) is 37.2 Å². The number of carbonyl (C=O) groups is 3. The van der Waals surface area contributed by atoms with Crippen molar-refractivity contribution >= 4 is 17.9 Å². The van der Waals surface area contributed by atoms with Crippen molar-refractivity contribution in [1.82, 2.24) is 0 Å². The Labute approximate surface area is 503 Å². The van der Waals surface area contributed by atoms with E-state index in [-0.39, 0.29) is 31.1 Å². The second-order valence-electron chi connectivity index (χ2n) is 23.4. The second-order valence-corrected chi connectivity index (χ2v) is 23.4. The number of ether oxygens (including phenoxy) is 3. The first kappa shape index (κ1) is 77.6. The quantitative estimate of drug-likeness (QED) is 0.0261. The number of carbonyl (C=O) groups excluding carboxylic acids is 3. The fourth-order valence-corrected chi connectivity index (χ4v) is 10.1. The van der Waals surface area contributed by atoms with Crippen molar-refractivity contribution in [1.29, 1.82) is 0 Å². The minimum atomic E-state index is -0.785. The summed E-state index contributed by atoms with van der Waals surface area (Å²) in [7, 11) is 0. The summed E-state index contributed by atoms with van der Waals surface area (Å²) < 4.78 is 17.0. The van der Waals surface area contributed by atoms with Crippen molar-refractivity contribution in [2.45, 2.75) is 361 Å². The van der Waals surface area contributed by atoms with E-state index in [0.717, 1.165) is 116 Å². The van der Waals surface area contributed by atoms with Crippen LogP contribution in [0.2, 0.25) is 0 Å². The number of hydrogen-bond donors (Lipinski definition) is 0. The summed E-state index contributed by atoms with van der Waals surface area (Å²) in [5, 5.41) is 0. The summed E-state index contributed by atoms with van der Waals surface area (Å²) in [6, 6.07) is 0. The number of esters is 3. The molecule has 0 bridgehead atoms. The van der Waals surface area contributed by atoms with Crippen LogP contribution in [0.25, 0.3) is 0 Å². The second kappa shape index (κ2) is 69.1. The molecular formula is C75H132O6. The maximum atomic E-state index is 13.0. The molecule has 468 valence electrons. The summed E-state index contributed by atoms with van der Waals surface area (Å²) in [6.07, 6.45) is 91.8. The predicted molar refractivity (Wildman–Crippen MR) is 353 cm³/mol. The van der Waals surface area contributed by atoms with Gasteiger partial charge in [0.2, 0.25) is 0 Å². The van der Waals surface area contributed by atoms with E-state index in [1.165, 1.54) is 199 Å². The highest BCUT2D eigenvalue weighted by molar-refractivity contribution is 5.71. The largest absolute Gasteiger partial charge is 0.462 e. The van der Waals surface area contributed by atoms with Crippen LogP contribution < -0.4 is 0 Å². The van der Waals surface area contributed by atoms with Gasteiger partial charge in [-0.05, 0) is 89.9 Å². The topological polar surface area (TPSA) is 78.9 Å². The zero-order valence-electron chi connectivity index (χ0n) is 53.8. The summed E-state index contributed by atoms with van der Waals surface area (Å²) in [5.74, 6) is -0.882. The molecule has 6 heteroatoms. The van der Waals surface area contributed by atoms with E-state index in [2.05, 4.69) is 106 Å². The number of rotatable bonds is 64. The molecule has 1 atom stereocenters. The van der Waals surface area contributed by atoms with Crippen LogP contribution in [0.15, 0.2) is 85.1 Å². The molecule has 6 nitrogen and oxygen atoms in total. The summed E-state index contributed by atoms with van der Waals surface area (Å²) in [5.41, 5.74) is 0. The molecule has 0 aromatic carbocycles. The van der Waals surface area contributed by atoms with Gasteiger partial charge in [-0.3, -0.25) is 14.4 Å². The average Bonchev–Trinajstić information content (AvgIpc) is 3.47. The Morgan fingerprint density at radius 1 is 0.259 bits per heavy atom. The normalized spacial score (nSPS) is 12.6. The monoisotopic (exact) mass is 1130 g/mol. The fraction of sp³-hybridized carbons (Fsp3) is 0.773. The van der Waals surface area contributed by atoms with E-state index in [4.69, 9.17) is 14.2 Å². The third-order valence-corrected chi connectivity index (χ3v) is 15.4. The number of allylic oxidation sites excluding steroid dienone is 14. The van der Waals surface area contributed by atoms with Gasteiger partial charge in [0.25, 0.3) is 0 Å². The molecule has 0 aromatic rings. The maximum absolute atomic E-state index is 13.0. The highest BCUT2D eigenvalue weighted by atomic mass is 16.6. The van der Waals surface area contributed by atoms with E-state index in [9.17, 15) is 14.4 Å². The van der Waals surface area contributed by atoms with Crippen LogP contribution in [-0.2, 0) is 28.6 Å². The molecular weight excluding hydrogens is 997 g/mol. The van der Waals surface area contributed by atoms with Crippen LogP contribution in [0.5, 0.6) is 0 Å². The van der Waals surface area contributed by atoms with Crippen molar-refractivity contribution in [2.75, 3.05) is 13.2 Å². The molecule has 1 unspecified atom stereocenters. The fourth-order valence-electron chi connectivity index (χ4n) is 10.1. The van der Waals surface area contributed by atoms with Gasteiger partial charge in [0.05, 0.1) is 0 Å². The SMILES string of the molecule is CC/C=C\C/C=C\C/C=C\C/C=C\C/C=C\CCCCCCCCCCCC(=O)OCC(COC(=O)CCCCCCC/C=C\C/C=C\CCCC)OC(=O)CCCCCCCCCCCCCCCCCCCCCCCCCC. The van der Waals surface area contributed by atoms with Crippen molar-refractivity contribution in [3.05, 3.63) is 85.1 Å². The number of hydrogen-bond acceptors (Lipinski definition) is 6. The lowest BCUT2D eigenvalue weighted by molar-refractivity contribution is -0.167. The molecule has 0 heterocycles. The highest BCUT2D eigenvalue weighted by Gasteiger charge is 2.19. The van der Waals surface area contributed by atoms with Gasteiger partial charge < -0.3 is 14.2 Å². The summed E-state index contributed by atoms with van der Waals surface area (Å²) >= 11 is 0. The van der Waals surface area contributed by atoms with Crippen LogP contribution >= 0.6 is 0 Å². The predicted octanol–water partition coefficient (Wildman–Crippen LogP) is 24.2. The van der Waals surface area contributed by atoms with E-state index in [0.29, 0.717) is 19.3 Å². The minimum Gasteiger partial charge on any atom is -0.462 e. The molecule has 0 fully saturated rings. The molecule has 0 saturated heterocycles. The Morgan fingerprint density at radius 2 is 0.494 bits per heavy atom. The van der Waals surface area contributed by atoms with E-state index in [1.807, 2.05) is 0 Å². The smallest absolute Gasteiger partial charge is 0.306 e. The standard InChI is InChI=1S/C75H132O6/c1-4-7-10-13-16-19-22-25-28-30-32-34-36-38-40-41-43-45-47-50-53-56-59-62-65-68-74(77)80-71-72(70-79-73(76)67-64-61-58-55-52-49-27-24-21-18-15-12-9-6-3)81-75(78)69-66-63-60-57-54-51-48-46-44-42-39-37-35-33-31-29-26-23-20-17-14-11-8-5-2/h7,10,15-16,18-19,24-25,27-28,32,34,38,40,72H,4-6,8-9,11-14,17,20-23,26,29-31,33,35-37,39,41-71H2,1-3H3/b10-7-,18-15-,19-16-,27-24-,28-25-,34-32-,40-38-. The average molecular weight is 1130 g/mol. The Balaban J connectivity index is 4.30. The molecule has 0 aliphatic rings. The van der Waals surface area contributed by atoms with Crippen molar-refractivity contribution < 1.29 is 28.6 Å². The van der Waals surface area contributed by atoms with Crippen LogP contribution in [0, 0.1) is 0 Å². The van der Waals surface area contributed by atoms with Gasteiger partial charge in [0, 0.05) is 19.3 Å². The maximum Gasteiger partial charge on any atom is 0.306 e. The molecule has 0 aliphatic carbocycles. The Hall–Kier alpha value is -3.41. The van der Waals surface area contributed by atoms with Gasteiger partial charge in [0.1, 0.15) is 13.2 Å². The first-order valence-corrected chi connectivity index (χ1v) is 35.1. The van der Waals surface area contributed by atoms with Gasteiger partial charge in [-0.15, -0.1) is 0 Å². The molecule has 0 N–H and O–H groups in total. The molecule has 0 saturated carbocycles. The first-order valence-electron chi connectivity index (χ1n) is 35.1. The van der Waals surface area contributed by atoms with E-state index >= 15 is 0 Å². The molecule has 81 heavy (non-hydrogen) atoms.